The SMILES string of the molecule is CC(C)S(=O)(=O)c1ccc2cc1CN(C)C(=O)C(Nc1ccc3nc[nH]c(=O)c3c1)c1ccc(cc1)CCCC(=O)N2. The number of carbonyl (C=O) groups is 2. The predicted octanol–water partition coefficient (Wildman–Crippen LogP) is 4.19. The van der Waals surface area contributed by atoms with E-state index >= 15 is 0 Å². The molecule has 3 aromatic carbocycles. The van der Waals surface area contributed by atoms with Crippen molar-refractivity contribution in [3.05, 3.63) is 94.0 Å². The monoisotopic (exact) mass is 587 g/mol. The average Bonchev–Trinajstić information content (AvgIpc) is 2.96. The van der Waals surface area contributed by atoms with Gasteiger partial charge in [0.05, 0.1) is 27.4 Å². The van der Waals surface area contributed by atoms with Crippen molar-refractivity contribution in [2.45, 2.75) is 55.8 Å². The van der Waals surface area contributed by atoms with E-state index < -0.39 is 21.1 Å². The second-order valence-electron chi connectivity index (χ2n) is 10.8. The van der Waals surface area contributed by atoms with E-state index in [0.717, 1.165) is 5.56 Å². The Hall–Kier alpha value is -4.51. The number of aryl methyl sites for hydroxylation is 1. The summed E-state index contributed by atoms with van der Waals surface area (Å²) in [6.45, 7) is 3.20. The van der Waals surface area contributed by atoms with E-state index in [0.29, 0.717) is 52.7 Å². The lowest BCUT2D eigenvalue weighted by atomic mass is 10.00. The number of anilines is 2. The quantitative estimate of drug-likeness (QED) is 0.325. The standard InChI is InChI=1S/C31H33N5O5S/c1-19(2)42(40,41)27-14-12-23-15-22(27)17-36(3)31(39)29(21-9-7-20(8-10-21)5-4-6-28(37)34-23)35-24-11-13-26-25(16-24)30(38)33-18-32-26/h7-16,18-19,29,35H,4-6,17H2,1-3H3,(H,34,37)(H,32,33,38). The van der Waals surface area contributed by atoms with E-state index in [9.17, 15) is 22.8 Å². The molecule has 42 heavy (non-hydrogen) atoms. The number of benzene rings is 3. The summed E-state index contributed by atoms with van der Waals surface area (Å²) in [5.74, 6) is -0.473. The molecular weight excluding hydrogens is 554 g/mol. The van der Waals surface area contributed by atoms with Crippen molar-refractivity contribution < 1.29 is 18.0 Å². The van der Waals surface area contributed by atoms with Crippen molar-refractivity contribution in [1.82, 2.24) is 14.9 Å². The number of nitrogens with zero attached hydrogens (tertiary/aromatic N) is 2. The predicted molar refractivity (Wildman–Crippen MR) is 162 cm³/mol. The number of nitrogens with one attached hydrogen (secondary N) is 3. The third-order valence-corrected chi connectivity index (χ3v) is 9.69. The smallest absolute Gasteiger partial charge is 0.258 e. The first-order chi connectivity index (χ1) is 20.0. The van der Waals surface area contributed by atoms with Gasteiger partial charge in [-0.2, -0.15) is 0 Å². The summed E-state index contributed by atoms with van der Waals surface area (Å²) in [6, 6.07) is 16.6. The van der Waals surface area contributed by atoms with Crippen molar-refractivity contribution >= 4 is 43.9 Å². The lowest BCUT2D eigenvalue weighted by molar-refractivity contribution is -0.131. The van der Waals surface area contributed by atoms with Crippen LogP contribution in [0.15, 0.2) is 76.7 Å². The fourth-order valence-electron chi connectivity index (χ4n) is 5.03. The van der Waals surface area contributed by atoms with Gasteiger partial charge in [-0.05, 0) is 79.8 Å². The molecule has 2 aliphatic heterocycles. The molecule has 2 aliphatic rings. The largest absolute Gasteiger partial charge is 0.370 e. The summed E-state index contributed by atoms with van der Waals surface area (Å²) in [7, 11) is -2.07. The molecule has 0 aliphatic carbocycles. The van der Waals surface area contributed by atoms with Crippen molar-refractivity contribution in [1.29, 1.82) is 0 Å². The van der Waals surface area contributed by atoms with E-state index in [1.54, 1.807) is 51.2 Å². The minimum absolute atomic E-state index is 0.0125. The Labute approximate surface area is 244 Å². The highest BCUT2D eigenvalue weighted by molar-refractivity contribution is 7.92. The number of sulfone groups is 1. The van der Waals surface area contributed by atoms with Gasteiger partial charge in [0.2, 0.25) is 11.8 Å². The summed E-state index contributed by atoms with van der Waals surface area (Å²) < 4.78 is 26.5. The van der Waals surface area contributed by atoms with Crippen molar-refractivity contribution in [2.24, 2.45) is 0 Å². The van der Waals surface area contributed by atoms with Gasteiger partial charge in [0, 0.05) is 31.4 Å². The lowest BCUT2D eigenvalue weighted by Crippen LogP contribution is -2.35. The van der Waals surface area contributed by atoms with Crippen LogP contribution in [0.4, 0.5) is 11.4 Å². The van der Waals surface area contributed by atoms with Crippen LogP contribution in [0.3, 0.4) is 0 Å². The topological polar surface area (TPSA) is 141 Å². The molecule has 0 saturated carbocycles. The van der Waals surface area contributed by atoms with Crippen LogP contribution < -0.4 is 16.2 Å². The van der Waals surface area contributed by atoms with Crippen molar-refractivity contribution in [2.75, 3.05) is 17.7 Å². The summed E-state index contributed by atoms with van der Waals surface area (Å²) in [5.41, 5.74) is 3.40. The third-order valence-electron chi connectivity index (χ3n) is 7.44. The Bertz CT molecular complexity index is 1820. The molecule has 0 radical (unpaired) electrons. The molecule has 6 rings (SSSR count). The van der Waals surface area contributed by atoms with Gasteiger partial charge in [-0.15, -0.1) is 0 Å². The van der Waals surface area contributed by atoms with E-state index in [1.807, 2.05) is 24.3 Å². The van der Waals surface area contributed by atoms with E-state index in [2.05, 4.69) is 20.6 Å². The zero-order chi connectivity index (χ0) is 30.0. The molecule has 0 saturated heterocycles. The molecule has 1 aromatic heterocycles. The number of likely N-dealkylation sites (N-methyl/N-ethyl adjacent to an activating group) is 1. The van der Waals surface area contributed by atoms with Gasteiger partial charge >= 0.3 is 0 Å². The van der Waals surface area contributed by atoms with Crippen LogP contribution >= 0.6 is 0 Å². The Morgan fingerprint density at radius 1 is 0.976 bits per heavy atom. The molecule has 10 nitrogen and oxygen atoms in total. The number of carbonyl (C=O) groups excluding carboxylic acids is 2. The van der Waals surface area contributed by atoms with Gasteiger partial charge in [0.15, 0.2) is 9.84 Å². The number of hydrogen-bond donors (Lipinski definition) is 3. The Morgan fingerprint density at radius 3 is 2.48 bits per heavy atom. The molecule has 2 amide bonds. The zero-order valence-electron chi connectivity index (χ0n) is 23.7. The minimum atomic E-state index is -3.68. The minimum Gasteiger partial charge on any atom is -0.370 e. The number of hydrogen-bond acceptors (Lipinski definition) is 7. The highest BCUT2D eigenvalue weighted by Gasteiger charge is 2.28. The molecule has 4 bridgehead atoms. The first-order valence-corrected chi connectivity index (χ1v) is 15.3. The van der Waals surface area contributed by atoms with Crippen LogP contribution in [0.25, 0.3) is 10.9 Å². The molecular formula is C31H33N5O5S. The van der Waals surface area contributed by atoms with E-state index in [-0.39, 0.29) is 28.8 Å². The maximum atomic E-state index is 14.1. The number of amides is 2. The Balaban J connectivity index is 1.57. The average molecular weight is 588 g/mol. The molecule has 0 spiro atoms. The fourth-order valence-corrected chi connectivity index (χ4v) is 6.29. The van der Waals surface area contributed by atoms with Gasteiger partial charge in [-0.25, -0.2) is 13.4 Å². The Morgan fingerprint density at radius 2 is 1.74 bits per heavy atom. The molecule has 3 heterocycles. The molecule has 0 fully saturated rings. The maximum absolute atomic E-state index is 14.1. The number of aromatic amines is 1. The van der Waals surface area contributed by atoms with Gasteiger partial charge in [0.25, 0.3) is 5.56 Å². The van der Waals surface area contributed by atoms with Crippen molar-refractivity contribution in [3.8, 4) is 0 Å². The molecule has 4 aromatic rings. The van der Waals surface area contributed by atoms with Crippen molar-refractivity contribution in [3.63, 3.8) is 0 Å². The van der Waals surface area contributed by atoms with Crippen LogP contribution in [-0.4, -0.2) is 47.4 Å². The van der Waals surface area contributed by atoms with Crippen LogP contribution in [-0.2, 0) is 32.4 Å². The van der Waals surface area contributed by atoms with E-state index in [1.165, 1.54) is 17.3 Å². The lowest BCUT2D eigenvalue weighted by Gasteiger charge is -2.27. The molecule has 218 valence electrons. The highest BCUT2D eigenvalue weighted by Crippen LogP contribution is 2.29. The van der Waals surface area contributed by atoms with Crippen LogP contribution in [0, 0.1) is 0 Å². The maximum Gasteiger partial charge on any atom is 0.258 e. The Kier molecular flexibility index (Phi) is 8.13. The van der Waals surface area contributed by atoms with E-state index in [4.69, 9.17) is 0 Å². The summed E-state index contributed by atoms with van der Waals surface area (Å²) in [6.07, 6.45) is 2.95. The van der Waals surface area contributed by atoms with Gasteiger partial charge in [0.1, 0.15) is 6.04 Å². The number of H-pyrrole nitrogens is 1. The second-order valence-corrected chi connectivity index (χ2v) is 13.3. The normalized spacial score (nSPS) is 16.6. The molecule has 1 atom stereocenters. The van der Waals surface area contributed by atoms with Crippen LogP contribution in [0.1, 0.15) is 49.4 Å². The second kappa shape index (κ2) is 11.8. The van der Waals surface area contributed by atoms with Gasteiger partial charge in [-0.3, -0.25) is 14.4 Å². The zero-order valence-corrected chi connectivity index (χ0v) is 24.5. The molecule has 11 heteroatoms. The highest BCUT2D eigenvalue weighted by atomic mass is 32.2. The first kappa shape index (κ1) is 29.0. The number of rotatable bonds is 4. The molecule has 3 N–H and O–H groups in total. The van der Waals surface area contributed by atoms with Gasteiger partial charge in [-0.1, -0.05) is 24.3 Å². The number of aromatic nitrogens is 2. The van der Waals surface area contributed by atoms with Gasteiger partial charge < -0.3 is 20.5 Å². The summed E-state index contributed by atoms with van der Waals surface area (Å²) in [5, 5.41) is 5.87. The number of fused-ring (bicyclic) bond motifs is 10. The van der Waals surface area contributed by atoms with Crippen LogP contribution in [0.2, 0.25) is 0 Å². The third kappa shape index (κ3) is 6.06. The first-order valence-electron chi connectivity index (χ1n) is 13.8. The summed E-state index contributed by atoms with van der Waals surface area (Å²) in [4.78, 5) is 47.4. The van der Waals surface area contributed by atoms with Crippen LogP contribution in [0.5, 0.6) is 0 Å². The fraction of sp³-hybridized carbons (Fsp3) is 0.290. The molecule has 1 unspecified atom stereocenters. The summed E-state index contributed by atoms with van der Waals surface area (Å²) >= 11 is 0.